The summed E-state index contributed by atoms with van der Waals surface area (Å²) in [4.78, 5) is 2.42. The molecule has 0 atom stereocenters. The fourth-order valence-corrected chi connectivity index (χ4v) is 15.8. The molecule has 2 nitrogen and oxygen atoms in total. The maximum absolute atomic E-state index is 2.64. The molecule has 2 aliphatic carbocycles. The van der Waals surface area contributed by atoms with Crippen LogP contribution in [0.1, 0.15) is 202 Å². The number of hydrogen-bond acceptors (Lipinski definition) is 1. The van der Waals surface area contributed by atoms with Crippen LogP contribution in [0.5, 0.6) is 0 Å². The van der Waals surface area contributed by atoms with E-state index in [1.807, 2.05) is 0 Å². The molecule has 0 saturated carbocycles. The molecule has 1 heterocycles. The Kier molecular flexibility index (Phi) is 18.3. The number of anilines is 3. The van der Waals surface area contributed by atoms with E-state index in [2.05, 4.69) is 245 Å². The molecule has 440 valence electrons. The molecule has 0 N–H and O–H groups in total. The third kappa shape index (κ3) is 11.6. The number of benzene rings is 9. The van der Waals surface area contributed by atoms with Gasteiger partial charge < -0.3 is 9.47 Å². The van der Waals surface area contributed by atoms with Gasteiger partial charge in [0, 0.05) is 44.4 Å². The average Bonchev–Trinajstić information content (AvgIpc) is 1.71. The zero-order valence-electron chi connectivity index (χ0n) is 52.9. The smallest absolute Gasteiger partial charge is 0.0547 e. The summed E-state index contributed by atoms with van der Waals surface area (Å²) in [5, 5.41) is 2.60. The Hall–Kier alpha value is -7.42. The predicted molar refractivity (Wildman–Crippen MR) is 373 cm³/mol. The van der Waals surface area contributed by atoms with Gasteiger partial charge in [-0.3, -0.25) is 0 Å². The van der Waals surface area contributed by atoms with Crippen molar-refractivity contribution in [3.05, 3.63) is 228 Å². The lowest BCUT2D eigenvalue weighted by molar-refractivity contribution is 0.397. The van der Waals surface area contributed by atoms with Crippen LogP contribution in [-0.2, 0) is 10.8 Å². The molecule has 2 aliphatic rings. The topological polar surface area (TPSA) is 8.17 Å². The number of nitrogens with zero attached hydrogens (tertiary/aromatic N) is 2. The molecule has 0 saturated heterocycles. The molecule has 2 heteroatoms. The second-order valence-electron chi connectivity index (χ2n) is 26.0. The van der Waals surface area contributed by atoms with Gasteiger partial charge in [0.05, 0.1) is 11.0 Å². The molecule has 0 bridgehead atoms. The van der Waals surface area contributed by atoms with Crippen LogP contribution in [0.4, 0.5) is 17.1 Å². The summed E-state index contributed by atoms with van der Waals surface area (Å²) in [6, 6.07) is 75.4. The molecule has 1 aromatic heterocycles. The van der Waals surface area contributed by atoms with E-state index in [9.17, 15) is 0 Å². The Labute approximate surface area is 516 Å². The molecule has 0 aliphatic heterocycles. The zero-order chi connectivity index (χ0) is 59.0. The van der Waals surface area contributed by atoms with Crippen molar-refractivity contribution in [3.63, 3.8) is 0 Å². The Morgan fingerprint density at radius 1 is 0.302 bits per heavy atom. The van der Waals surface area contributed by atoms with Crippen LogP contribution in [-0.4, -0.2) is 4.57 Å². The number of para-hydroxylation sites is 1. The molecule has 0 amide bonds. The normalized spacial score (nSPS) is 13.5. The van der Waals surface area contributed by atoms with E-state index >= 15 is 0 Å². The maximum Gasteiger partial charge on any atom is 0.0547 e. The second kappa shape index (κ2) is 26.7. The van der Waals surface area contributed by atoms with E-state index < -0.39 is 0 Å². The Morgan fingerprint density at radius 2 is 0.733 bits per heavy atom. The fraction of sp³-hybridized carbons (Fsp3) is 0.357. The molecule has 9 aromatic carbocycles. The van der Waals surface area contributed by atoms with Crippen molar-refractivity contribution >= 4 is 38.9 Å². The molecule has 10 aromatic rings. The molecular formula is C84H94N2. The van der Waals surface area contributed by atoms with Crippen LogP contribution in [0.3, 0.4) is 0 Å². The minimum atomic E-state index is 0.0115. The Bertz CT molecular complexity index is 3880. The third-order valence-electron chi connectivity index (χ3n) is 20.2. The fourth-order valence-electron chi connectivity index (χ4n) is 15.8. The summed E-state index contributed by atoms with van der Waals surface area (Å²) in [6.45, 7) is 13.8. The standard InChI is InChI=1S/C84H94N2/c1-7-11-13-15-17-19-21-27-55-84(56-28-22-20-18-16-14-12-8-2)77-31-25-23-29-71(77)74-52-48-70(60-80(74)84)86-81-32-26-24-30-75(81)76-51-41-66(59-82(76)86)64-38-46-69(47-39-64)85(67-42-33-61(5)34-43-67)68-44-36-63(37-45-68)65-40-50-73-72-49-35-62(6)57-78(72)83(53-9-3,54-10-4)79(73)58-65/h23-26,29-52,57-60H,7-22,27-28,53-56H2,1-6H3. The number of unbranched alkanes of at least 4 members (excludes halogenated alkanes) is 14. The van der Waals surface area contributed by atoms with Crippen LogP contribution in [0.2, 0.25) is 0 Å². The van der Waals surface area contributed by atoms with Gasteiger partial charge in [-0.05, 0) is 173 Å². The summed E-state index contributed by atoms with van der Waals surface area (Å²) >= 11 is 0. The summed E-state index contributed by atoms with van der Waals surface area (Å²) in [5.74, 6) is 0. The second-order valence-corrected chi connectivity index (χ2v) is 26.0. The number of rotatable bonds is 28. The molecule has 86 heavy (non-hydrogen) atoms. The van der Waals surface area contributed by atoms with E-state index in [1.54, 1.807) is 11.1 Å². The van der Waals surface area contributed by atoms with Crippen molar-refractivity contribution < 1.29 is 0 Å². The van der Waals surface area contributed by atoms with E-state index in [0.717, 1.165) is 29.9 Å². The highest BCUT2D eigenvalue weighted by Crippen LogP contribution is 2.57. The molecule has 0 spiro atoms. The highest BCUT2D eigenvalue weighted by Gasteiger charge is 2.44. The van der Waals surface area contributed by atoms with Crippen LogP contribution in [0.25, 0.3) is 72.0 Å². The SMILES string of the molecule is CCCCCCCCCCC1(CCCCCCCCCC)c2ccccc2-c2ccc(-n3c4ccccc4c4ccc(-c5ccc(N(c6ccc(C)cc6)c6ccc(-c7ccc8c(c7)C(CCC)(CCC)c7cc(C)ccc7-8)cc6)cc5)cc43)cc21. The largest absolute Gasteiger partial charge is 0.311 e. The third-order valence-corrected chi connectivity index (χ3v) is 20.2. The lowest BCUT2D eigenvalue weighted by Crippen LogP contribution is -2.25. The van der Waals surface area contributed by atoms with E-state index in [-0.39, 0.29) is 10.8 Å². The first-order valence-corrected chi connectivity index (χ1v) is 33.9. The lowest BCUT2D eigenvalue weighted by atomic mass is 9.70. The van der Waals surface area contributed by atoms with Crippen molar-refractivity contribution in [2.45, 2.75) is 194 Å². The average molecular weight is 1130 g/mol. The van der Waals surface area contributed by atoms with Crippen molar-refractivity contribution in [1.82, 2.24) is 4.57 Å². The van der Waals surface area contributed by atoms with Gasteiger partial charge >= 0.3 is 0 Å². The highest BCUT2D eigenvalue weighted by atomic mass is 15.1. The van der Waals surface area contributed by atoms with Crippen LogP contribution in [0.15, 0.2) is 194 Å². The van der Waals surface area contributed by atoms with Gasteiger partial charge in [0.25, 0.3) is 0 Å². The van der Waals surface area contributed by atoms with Crippen LogP contribution < -0.4 is 4.90 Å². The first kappa shape index (κ1) is 58.9. The molecule has 12 rings (SSSR count). The maximum atomic E-state index is 2.64. The Morgan fingerprint density at radius 3 is 1.34 bits per heavy atom. The number of aryl methyl sites for hydroxylation is 2. The summed E-state index contributed by atoms with van der Waals surface area (Å²) in [7, 11) is 0. The van der Waals surface area contributed by atoms with E-state index in [1.165, 1.54) is 223 Å². The molecule has 0 unspecified atom stereocenters. The van der Waals surface area contributed by atoms with Gasteiger partial charge in [0.15, 0.2) is 0 Å². The highest BCUT2D eigenvalue weighted by molar-refractivity contribution is 6.10. The number of hydrogen-bond donors (Lipinski definition) is 0. The molecular weight excluding hydrogens is 1040 g/mol. The molecule has 0 radical (unpaired) electrons. The monoisotopic (exact) mass is 1130 g/mol. The van der Waals surface area contributed by atoms with Gasteiger partial charge in [0.1, 0.15) is 0 Å². The lowest BCUT2D eigenvalue weighted by Gasteiger charge is -2.33. The first-order valence-electron chi connectivity index (χ1n) is 33.9. The zero-order valence-corrected chi connectivity index (χ0v) is 52.9. The molecule has 0 fully saturated rings. The van der Waals surface area contributed by atoms with Crippen molar-refractivity contribution in [1.29, 1.82) is 0 Å². The summed E-state index contributed by atoms with van der Waals surface area (Å²) < 4.78 is 2.58. The summed E-state index contributed by atoms with van der Waals surface area (Å²) in [6.07, 6.45) is 28.6. The quantitative estimate of drug-likeness (QED) is 0.0444. The minimum absolute atomic E-state index is 0.0115. The van der Waals surface area contributed by atoms with Gasteiger partial charge in [-0.25, -0.2) is 0 Å². The Balaban J connectivity index is 0.867. The van der Waals surface area contributed by atoms with Crippen molar-refractivity contribution in [3.8, 4) is 50.2 Å². The van der Waals surface area contributed by atoms with Crippen LogP contribution in [0, 0.1) is 13.8 Å². The predicted octanol–water partition coefficient (Wildman–Crippen LogP) is 25.4. The van der Waals surface area contributed by atoms with Gasteiger partial charge in [-0.15, -0.1) is 0 Å². The van der Waals surface area contributed by atoms with Gasteiger partial charge in [0.2, 0.25) is 0 Å². The van der Waals surface area contributed by atoms with Crippen molar-refractivity contribution in [2.24, 2.45) is 0 Å². The number of aromatic nitrogens is 1. The van der Waals surface area contributed by atoms with Gasteiger partial charge in [-0.2, -0.15) is 0 Å². The van der Waals surface area contributed by atoms with E-state index in [0.29, 0.717) is 0 Å². The van der Waals surface area contributed by atoms with E-state index in [4.69, 9.17) is 0 Å². The van der Waals surface area contributed by atoms with Crippen molar-refractivity contribution in [2.75, 3.05) is 4.90 Å². The summed E-state index contributed by atoms with van der Waals surface area (Å²) in [5.41, 5.74) is 26.8. The van der Waals surface area contributed by atoms with Gasteiger partial charge in [-0.1, -0.05) is 282 Å². The van der Waals surface area contributed by atoms with Crippen LogP contribution >= 0.6 is 0 Å². The number of fused-ring (bicyclic) bond motifs is 9. The first-order chi connectivity index (χ1) is 42.3. The minimum Gasteiger partial charge on any atom is -0.311 e.